The average molecular weight is 1200 g/mol. The van der Waals surface area contributed by atoms with E-state index in [1.54, 1.807) is 0 Å². The fourth-order valence-corrected chi connectivity index (χ4v) is 11.8. The Labute approximate surface area is 545 Å². The van der Waals surface area contributed by atoms with Crippen LogP contribution in [-0.4, -0.2) is 0 Å². The van der Waals surface area contributed by atoms with Crippen LogP contribution in [0.25, 0.3) is 56.3 Å². The summed E-state index contributed by atoms with van der Waals surface area (Å²) in [4.78, 5) is 0. The van der Waals surface area contributed by atoms with Gasteiger partial charge in [0.05, 0.1) is 0 Å². The molecule has 5 heteroatoms. The van der Waals surface area contributed by atoms with E-state index in [9.17, 15) is 0 Å². The summed E-state index contributed by atoms with van der Waals surface area (Å²) >= 11 is 0. The van der Waals surface area contributed by atoms with Gasteiger partial charge in [0.15, 0.2) is 31.0 Å². The number of benzene rings is 5. The molecule has 10 rings (SSSR count). The van der Waals surface area contributed by atoms with Crippen molar-refractivity contribution in [2.45, 2.75) is 168 Å². The quantitative estimate of drug-likeness (QED) is 0.115. The van der Waals surface area contributed by atoms with Crippen molar-refractivity contribution >= 4 is 0 Å². The topological polar surface area (TPSA) is 19.4 Å². The first kappa shape index (κ1) is 70.9. The zero-order valence-corrected chi connectivity index (χ0v) is 59.8. The fourth-order valence-electron chi connectivity index (χ4n) is 11.8. The molecule has 0 fully saturated rings. The summed E-state index contributed by atoms with van der Waals surface area (Å²) in [5.41, 5.74) is 33.3. The van der Waals surface area contributed by atoms with Crippen molar-refractivity contribution in [1.29, 1.82) is 0 Å². The lowest BCUT2D eigenvalue weighted by molar-refractivity contribution is -0.661. The number of aryl methyl sites for hydroxylation is 16. The number of hydrogen-bond acceptors (Lipinski definition) is 0. The summed E-state index contributed by atoms with van der Waals surface area (Å²) in [6.45, 7) is 41.7. The van der Waals surface area contributed by atoms with Crippen LogP contribution in [0.15, 0.2) is 183 Å². The van der Waals surface area contributed by atoms with E-state index in [0.29, 0.717) is 23.7 Å². The molecule has 0 N–H and O–H groups in total. The maximum Gasteiger partial charge on any atom is 0.212 e. The monoisotopic (exact) mass is 1200 g/mol. The van der Waals surface area contributed by atoms with Gasteiger partial charge < -0.3 is 0 Å². The first-order valence-corrected chi connectivity index (χ1v) is 33.0. The highest BCUT2D eigenvalue weighted by atomic mass is 14.9. The maximum absolute atomic E-state index is 2.32. The minimum Gasteiger partial charge on any atom is -0.201 e. The molecule has 0 aliphatic carbocycles. The van der Waals surface area contributed by atoms with Gasteiger partial charge >= 0.3 is 0 Å². The Morgan fingerprint density at radius 3 is 0.789 bits per heavy atom. The van der Waals surface area contributed by atoms with Gasteiger partial charge in [0.1, 0.15) is 35.2 Å². The molecule has 10 aromatic rings. The van der Waals surface area contributed by atoms with Gasteiger partial charge in [-0.2, -0.15) is 0 Å². The highest BCUT2D eigenvalue weighted by molar-refractivity contribution is 5.65. The molecule has 0 radical (unpaired) electrons. The summed E-state index contributed by atoms with van der Waals surface area (Å²) < 4.78 is 11.1. The molecule has 470 valence electrons. The van der Waals surface area contributed by atoms with E-state index in [1.807, 2.05) is 0 Å². The van der Waals surface area contributed by atoms with Crippen molar-refractivity contribution in [2.24, 2.45) is 35.2 Å². The smallest absolute Gasteiger partial charge is 0.201 e. The first-order valence-electron chi connectivity index (χ1n) is 33.0. The first-order chi connectivity index (χ1) is 42.6. The van der Waals surface area contributed by atoms with Gasteiger partial charge in [-0.25, -0.2) is 22.8 Å². The molecule has 0 amide bonds. The molecule has 0 aliphatic heterocycles. The largest absolute Gasteiger partial charge is 0.212 e. The SMILES string of the molecule is CCc1ccc(-c2ccc(C)c[n+]2C)c(C)c1.CCc1ccc(-c2ccc(C)cc2C)[n+](C)c1.Cc1cc(C(C)C)ccc1-c1ccc(C(C)C)c[n+]1C.Cc1ccc(-c2ccc(C(C)C)c[n+]2C)c(C)c1.Cc1ccc(-c2ccc(C(C)C)cc2C)[n+](C)c1. The van der Waals surface area contributed by atoms with Crippen molar-refractivity contribution in [3.8, 4) is 56.3 Å². The van der Waals surface area contributed by atoms with Crippen LogP contribution in [0.3, 0.4) is 0 Å². The second kappa shape index (κ2) is 32.5. The molecule has 5 nitrogen and oxygen atoms in total. The Kier molecular flexibility index (Phi) is 25.7. The van der Waals surface area contributed by atoms with Crippen molar-refractivity contribution in [3.63, 3.8) is 0 Å². The number of hydrogen-bond donors (Lipinski definition) is 0. The number of aromatic nitrogens is 5. The molecule has 5 aromatic carbocycles. The summed E-state index contributed by atoms with van der Waals surface area (Å²) in [6.07, 6.45) is 13.2. The van der Waals surface area contributed by atoms with Crippen LogP contribution in [-0.2, 0) is 48.1 Å². The third-order valence-electron chi connectivity index (χ3n) is 17.5. The molecule has 0 saturated heterocycles. The molecule has 0 unspecified atom stereocenters. The Morgan fingerprint density at radius 2 is 0.500 bits per heavy atom. The van der Waals surface area contributed by atoms with Gasteiger partial charge in [0, 0.05) is 86.0 Å². The normalized spacial score (nSPS) is 10.9. The molecular weight excluding hydrogens is 1090 g/mol. The van der Waals surface area contributed by atoms with E-state index >= 15 is 0 Å². The second-order valence-electron chi connectivity index (χ2n) is 26.6. The summed E-state index contributed by atoms with van der Waals surface area (Å²) in [7, 11) is 10.6. The van der Waals surface area contributed by atoms with Crippen molar-refractivity contribution in [1.82, 2.24) is 0 Å². The number of pyridine rings is 5. The lowest BCUT2D eigenvalue weighted by Gasteiger charge is -2.11. The van der Waals surface area contributed by atoms with Crippen LogP contribution in [0.4, 0.5) is 0 Å². The number of nitrogens with zero attached hydrogens (tertiary/aromatic N) is 5. The molecule has 0 saturated carbocycles. The summed E-state index contributed by atoms with van der Waals surface area (Å²) in [6, 6.07) is 55.8. The van der Waals surface area contributed by atoms with Gasteiger partial charge in [-0.3, -0.25) is 0 Å². The minimum atomic E-state index is 0.569. The highest BCUT2D eigenvalue weighted by Gasteiger charge is 2.19. The van der Waals surface area contributed by atoms with Gasteiger partial charge in [0.2, 0.25) is 28.5 Å². The van der Waals surface area contributed by atoms with Crippen LogP contribution < -0.4 is 22.8 Å². The minimum absolute atomic E-state index is 0.569. The van der Waals surface area contributed by atoms with Crippen LogP contribution in [0, 0.1) is 62.3 Å². The van der Waals surface area contributed by atoms with E-state index < -0.39 is 0 Å². The molecule has 0 aliphatic rings. The van der Waals surface area contributed by atoms with Gasteiger partial charge in [-0.1, -0.05) is 141 Å². The Balaban J connectivity index is 0.000000179. The van der Waals surface area contributed by atoms with Crippen molar-refractivity contribution in [2.75, 3.05) is 0 Å². The molecule has 0 spiro atoms. The third kappa shape index (κ3) is 19.0. The van der Waals surface area contributed by atoms with E-state index in [4.69, 9.17) is 0 Å². The molecule has 5 aromatic heterocycles. The standard InChI is InChI=1S/C19H26N.2C17H22N.2C16H20N/c1-13(2)16-7-9-18(15(5)11-16)19-10-8-17(14(3)4)12-20(19)6;1-12(2)15-7-8-16(14(4)10-15)17-9-6-13(3)11-18(17)5;1-12(2)15-7-9-17(18(5)11-15)16-8-6-13(3)10-14(16)4;1-5-14-7-8-15(13(3)10-14)16-9-6-12(2)11-17(16)4;1-5-14-7-9-16(17(4)11-14)15-8-6-12(2)10-13(15)3/h7-14H,1-6H3;2*6-12H,1-5H3;2*6-11H,5H2,1-4H3/q5*+1. The average Bonchev–Trinajstić information content (AvgIpc) is 1.58. The molecule has 5 heterocycles. The Hall–Kier alpha value is -8.15. The summed E-state index contributed by atoms with van der Waals surface area (Å²) in [5.74, 6) is 2.31. The zero-order chi connectivity index (χ0) is 66.3. The van der Waals surface area contributed by atoms with Gasteiger partial charge in [-0.05, 0) is 204 Å². The van der Waals surface area contributed by atoms with Crippen molar-refractivity contribution < 1.29 is 22.8 Å². The van der Waals surface area contributed by atoms with E-state index in [0.717, 1.165) is 12.8 Å². The lowest BCUT2D eigenvalue weighted by Crippen LogP contribution is -2.31. The number of rotatable bonds is 11. The van der Waals surface area contributed by atoms with Crippen LogP contribution in [0.5, 0.6) is 0 Å². The highest BCUT2D eigenvalue weighted by Crippen LogP contribution is 2.29. The van der Waals surface area contributed by atoms with E-state index in [2.05, 4.69) is 372 Å². The molecule has 0 bridgehead atoms. The third-order valence-corrected chi connectivity index (χ3v) is 17.5. The Bertz CT molecular complexity index is 3780. The zero-order valence-electron chi connectivity index (χ0n) is 59.8. The van der Waals surface area contributed by atoms with Crippen LogP contribution >= 0.6 is 0 Å². The van der Waals surface area contributed by atoms with Crippen molar-refractivity contribution in [3.05, 3.63) is 266 Å². The lowest BCUT2D eigenvalue weighted by atomic mass is 9.95. The van der Waals surface area contributed by atoms with E-state index in [-0.39, 0.29) is 0 Å². The molecule has 0 atom stereocenters. The molecule has 90 heavy (non-hydrogen) atoms. The fraction of sp³-hybridized carbons (Fsp3) is 0.353. The van der Waals surface area contributed by atoms with Crippen LogP contribution in [0.1, 0.15) is 176 Å². The maximum atomic E-state index is 2.32. The summed E-state index contributed by atoms with van der Waals surface area (Å²) in [5, 5.41) is 0. The predicted octanol–water partition coefficient (Wildman–Crippen LogP) is 19.3. The molecular formula is C85H110N5+5. The predicted molar refractivity (Wildman–Crippen MR) is 383 cm³/mol. The second-order valence-corrected chi connectivity index (χ2v) is 26.6. The Morgan fingerprint density at radius 1 is 0.244 bits per heavy atom. The van der Waals surface area contributed by atoms with Crippen LogP contribution in [0.2, 0.25) is 0 Å². The van der Waals surface area contributed by atoms with E-state index in [1.165, 1.54) is 140 Å². The van der Waals surface area contributed by atoms with Gasteiger partial charge in [-0.15, -0.1) is 0 Å². The van der Waals surface area contributed by atoms with Gasteiger partial charge in [0.25, 0.3) is 0 Å².